The molecular formula is C8H12N2. The van der Waals surface area contributed by atoms with Crippen LogP contribution in [0.25, 0.3) is 0 Å². The molecule has 54 valence electrons. The minimum absolute atomic E-state index is 0.381. The van der Waals surface area contributed by atoms with Gasteiger partial charge in [-0.1, -0.05) is 13.2 Å². The molecule has 2 heteroatoms. The molecule has 0 aromatic carbocycles. The Bertz CT molecular complexity index is 182. The Kier molecular flexibility index (Phi) is 1.90. The molecule has 0 saturated heterocycles. The summed E-state index contributed by atoms with van der Waals surface area (Å²) in [5, 5.41) is 0. The highest BCUT2D eigenvalue weighted by Gasteiger charge is 2.16. The van der Waals surface area contributed by atoms with E-state index in [2.05, 4.69) is 25.1 Å². The molecular weight excluding hydrogens is 124 g/mol. The minimum Gasteiger partial charge on any atom is -0.332 e. The standard InChI is InChI=1S/C8H12N2/c1-4-8-9-7(3)6-10(8)5-2/h4-5,7H,1-2,6H2,3H3. The van der Waals surface area contributed by atoms with Crippen LogP contribution < -0.4 is 0 Å². The lowest BCUT2D eigenvalue weighted by molar-refractivity contribution is 0.560. The van der Waals surface area contributed by atoms with Crippen molar-refractivity contribution >= 4 is 5.84 Å². The second-order valence-corrected chi connectivity index (χ2v) is 2.38. The lowest BCUT2D eigenvalue weighted by Crippen LogP contribution is -2.20. The molecule has 0 spiro atoms. The van der Waals surface area contributed by atoms with E-state index in [9.17, 15) is 0 Å². The predicted octanol–water partition coefficient (Wildman–Crippen LogP) is 1.42. The van der Waals surface area contributed by atoms with E-state index >= 15 is 0 Å². The molecule has 0 bridgehead atoms. The zero-order valence-electron chi connectivity index (χ0n) is 6.25. The van der Waals surface area contributed by atoms with Gasteiger partial charge in [0, 0.05) is 6.54 Å². The van der Waals surface area contributed by atoms with E-state index < -0.39 is 0 Å². The van der Waals surface area contributed by atoms with Gasteiger partial charge in [-0.15, -0.1) is 0 Å². The Morgan fingerprint density at radius 1 is 1.70 bits per heavy atom. The van der Waals surface area contributed by atoms with E-state index in [-0.39, 0.29) is 0 Å². The molecule has 2 nitrogen and oxygen atoms in total. The van der Waals surface area contributed by atoms with Gasteiger partial charge < -0.3 is 4.90 Å². The molecule has 0 aromatic rings. The van der Waals surface area contributed by atoms with Gasteiger partial charge in [-0.25, -0.2) is 0 Å². The van der Waals surface area contributed by atoms with Crippen molar-refractivity contribution in [2.75, 3.05) is 6.54 Å². The lowest BCUT2D eigenvalue weighted by atomic mass is 10.4. The first kappa shape index (κ1) is 7.06. The van der Waals surface area contributed by atoms with Crippen molar-refractivity contribution in [3.8, 4) is 0 Å². The quantitative estimate of drug-likeness (QED) is 0.560. The van der Waals surface area contributed by atoms with Gasteiger partial charge in [-0.05, 0) is 19.2 Å². The maximum Gasteiger partial charge on any atom is 0.127 e. The smallest absolute Gasteiger partial charge is 0.127 e. The van der Waals surface area contributed by atoms with E-state index in [1.807, 2.05) is 4.90 Å². The summed E-state index contributed by atoms with van der Waals surface area (Å²) in [5.41, 5.74) is 0. The van der Waals surface area contributed by atoms with E-state index in [0.717, 1.165) is 12.4 Å². The third-order valence-electron chi connectivity index (χ3n) is 1.51. The topological polar surface area (TPSA) is 15.6 Å². The summed E-state index contributed by atoms with van der Waals surface area (Å²) < 4.78 is 0. The van der Waals surface area contributed by atoms with Crippen molar-refractivity contribution in [1.82, 2.24) is 4.90 Å². The number of hydrogen-bond acceptors (Lipinski definition) is 2. The third kappa shape index (κ3) is 1.10. The van der Waals surface area contributed by atoms with Crippen LogP contribution in [0.15, 0.2) is 30.4 Å². The summed E-state index contributed by atoms with van der Waals surface area (Å²) in [6.45, 7) is 10.3. The van der Waals surface area contributed by atoms with Crippen LogP contribution in [0.1, 0.15) is 6.92 Å². The van der Waals surface area contributed by atoms with Crippen LogP contribution >= 0.6 is 0 Å². The zero-order valence-corrected chi connectivity index (χ0v) is 6.25. The van der Waals surface area contributed by atoms with Crippen LogP contribution in [0.3, 0.4) is 0 Å². The molecule has 1 unspecified atom stereocenters. The zero-order chi connectivity index (χ0) is 7.56. The van der Waals surface area contributed by atoms with Crippen molar-refractivity contribution in [3.63, 3.8) is 0 Å². The fraction of sp³-hybridized carbons (Fsp3) is 0.375. The largest absolute Gasteiger partial charge is 0.332 e. The highest BCUT2D eigenvalue weighted by atomic mass is 15.2. The molecule has 1 aliphatic rings. The van der Waals surface area contributed by atoms with Crippen LogP contribution in [-0.4, -0.2) is 23.3 Å². The van der Waals surface area contributed by atoms with Gasteiger partial charge in [-0.3, -0.25) is 4.99 Å². The minimum atomic E-state index is 0.381. The molecule has 1 heterocycles. The van der Waals surface area contributed by atoms with Crippen molar-refractivity contribution in [1.29, 1.82) is 0 Å². The molecule has 0 saturated carbocycles. The molecule has 1 atom stereocenters. The third-order valence-corrected chi connectivity index (χ3v) is 1.51. The molecule has 1 rings (SSSR count). The predicted molar refractivity (Wildman–Crippen MR) is 44.0 cm³/mol. The maximum absolute atomic E-state index is 4.31. The van der Waals surface area contributed by atoms with Gasteiger partial charge >= 0.3 is 0 Å². The Morgan fingerprint density at radius 3 is 2.80 bits per heavy atom. The Labute approximate surface area is 61.6 Å². The Hall–Kier alpha value is -1.05. The van der Waals surface area contributed by atoms with Crippen molar-refractivity contribution < 1.29 is 0 Å². The van der Waals surface area contributed by atoms with Crippen LogP contribution in [0.2, 0.25) is 0 Å². The van der Waals surface area contributed by atoms with Gasteiger partial charge in [0.2, 0.25) is 0 Å². The molecule has 0 fully saturated rings. The SMILES string of the molecule is C=CC1=NC(C)CN1C=C. The highest BCUT2D eigenvalue weighted by molar-refractivity contribution is 5.94. The average molecular weight is 136 g/mol. The molecule has 0 N–H and O–H groups in total. The second kappa shape index (κ2) is 2.69. The van der Waals surface area contributed by atoms with Crippen molar-refractivity contribution in [2.45, 2.75) is 13.0 Å². The van der Waals surface area contributed by atoms with E-state index in [1.165, 1.54) is 0 Å². The molecule has 0 aliphatic carbocycles. The summed E-state index contributed by atoms with van der Waals surface area (Å²) in [5.74, 6) is 0.933. The maximum atomic E-state index is 4.31. The Morgan fingerprint density at radius 2 is 2.40 bits per heavy atom. The normalized spacial score (nSPS) is 24.3. The van der Waals surface area contributed by atoms with Crippen LogP contribution in [0.4, 0.5) is 0 Å². The molecule has 0 aromatic heterocycles. The van der Waals surface area contributed by atoms with E-state index in [0.29, 0.717) is 6.04 Å². The molecule has 0 amide bonds. The van der Waals surface area contributed by atoms with Gasteiger partial charge in [0.05, 0.1) is 6.04 Å². The van der Waals surface area contributed by atoms with Gasteiger partial charge in [0.25, 0.3) is 0 Å². The summed E-state index contributed by atoms with van der Waals surface area (Å²) in [6, 6.07) is 0.381. The summed E-state index contributed by atoms with van der Waals surface area (Å²) >= 11 is 0. The van der Waals surface area contributed by atoms with Gasteiger partial charge in [-0.2, -0.15) is 0 Å². The first-order chi connectivity index (χ1) is 4.77. The number of amidine groups is 1. The fourth-order valence-electron chi connectivity index (χ4n) is 1.06. The van der Waals surface area contributed by atoms with Crippen molar-refractivity contribution in [3.05, 3.63) is 25.4 Å². The number of rotatable bonds is 2. The summed E-state index contributed by atoms with van der Waals surface area (Å²) in [7, 11) is 0. The van der Waals surface area contributed by atoms with Gasteiger partial charge in [0.1, 0.15) is 5.84 Å². The highest BCUT2D eigenvalue weighted by Crippen LogP contribution is 2.08. The monoisotopic (exact) mass is 136 g/mol. The second-order valence-electron chi connectivity index (χ2n) is 2.38. The molecule has 0 radical (unpaired) electrons. The first-order valence-corrected chi connectivity index (χ1v) is 3.37. The summed E-state index contributed by atoms with van der Waals surface area (Å²) in [4.78, 5) is 6.31. The molecule has 10 heavy (non-hydrogen) atoms. The van der Waals surface area contributed by atoms with Crippen LogP contribution in [0, 0.1) is 0 Å². The Balaban J connectivity index is 2.74. The summed E-state index contributed by atoms with van der Waals surface area (Å²) in [6.07, 6.45) is 3.54. The van der Waals surface area contributed by atoms with Crippen molar-refractivity contribution in [2.24, 2.45) is 4.99 Å². The van der Waals surface area contributed by atoms with E-state index in [1.54, 1.807) is 12.3 Å². The number of hydrogen-bond donors (Lipinski definition) is 0. The van der Waals surface area contributed by atoms with Crippen LogP contribution in [0.5, 0.6) is 0 Å². The van der Waals surface area contributed by atoms with Gasteiger partial charge in [0.15, 0.2) is 0 Å². The number of nitrogens with zero attached hydrogens (tertiary/aromatic N) is 2. The van der Waals surface area contributed by atoms with Crippen LogP contribution in [-0.2, 0) is 0 Å². The number of aliphatic imine (C=N–C) groups is 1. The molecule has 1 aliphatic heterocycles. The average Bonchev–Trinajstić information content (AvgIpc) is 2.30. The lowest BCUT2D eigenvalue weighted by Gasteiger charge is -2.11. The first-order valence-electron chi connectivity index (χ1n) is 3.37. The van der Waals surface area contributed by atoms with E-state index in [4.69, 9.17) is 0 Å². The fourth-order valence-corrected chi connectivity index (χ4v) is 1.06.